The number of halogens is 1. The number of hydrogen-bond acceptors (Lipinski definition) is 5. The standard InChI is InChI=1S/C18H15BrN2O5/c1-10-7-13(21(24)25)4-6-15(10)20-17(23)18(2)9-11-8-12(19)3-5-14(11)16(22)26-18/h3-8H,9H2,1-2H3,(H,20,23). The van der Waals surface area contributed by atoms with E-state index in [2.05, 4.69) is 21.2 Å². The van der Waals surface area contributed by atoms with Gasteiger partial charge in [-0.15, -0.1) is 0 Å². The molecule has 1 amide bonds. The first-order valence-corrected chi connectivity index (χ1v) is 8.57. The molecule has 0 aliphatic carbocycles. The number of cyclic esters (lactones) is 1. The number of hydrogen-bond donors (Lipinski definition) is 1. The predicted octanol–water partition coefficient (Wildman–Crippen LogP) is 3.78. The number of anilines is 1. The van der Waals surface area contributed by atoms with Crippen molar-refractivity contribution in [1.82, 2.24) is 0 Å². The smallest absolute Gasteiger partial charge is 0.339 e. The van der Waals surface area contributed by atoms with Gasteiger partial charge in [0.1, 0.15) is 0 Å². The van der Waals surface area contributed by atoms with E-state index in [9.17, 15) is 19.7 Å². The molecule has 0 aromatic heterocycles. The van der Waals surface area contributed by atoms with E-state index in [1.807, 2.05) is 0 Å². The van der Waals surface area contributed by atoms with E-state index in [1.165, 1.54) is 18.2 Å². The Kier molecular flexibility index (Phi) is 4.53. The number of fused-ring (bicyclic) bond motifs is 1. The van der Waals surface area contributed by atoms with Crippen molar-refractivity contribution in [3.8, 4) is 0 Å². The molecular formula is C18H15BrN2O5. The first kappa shape index (κ1) is 18.1. The van der Waals surface area contributed by atoms with Gasteiger partial charge in [0.2, 0.25) is 0 Å². The van der Waals surface area contributed by atoms with Gasteiger partial charge in [-0.25, -0.2) is 4.79 Å². The number of amides is 1. The molecule has 2 aromatic carbocycles. The van der Waals surface area contributed by atoms with Gasteiger partial charge < -0.3 is 10.1 Å². The third-order valence-electron chi connectivity index (χ3n) is 4.28. The van der Waals surface area contributed by atoms with Crippen molar-refractivity contribution in [2.24, 2.45) is 0 Å². The normalized spacial score (nSPS) is 18.7. The Morgan fingerprint density at radius 2 is 2.04 bits per heavy atom. The minimum atomic E-state index is -1.38. The molecule has 1 aliphatic rings. The Morgan fingerprint density at radius 1 is 1.31 bits per heavy atom. The molecule has 0 saturated carbocycles. The van der Waals surface area contributed by atoms with Gasteiger partial charge >= 0.3 is 5.97 Å². The van der Waals surface area contributed by atoms with Crippen LogP contribution < -0.4 is 5.32 Å². The Hall–Kier alpha value is -2.74. The first-order chi connectivity index (χ1) is 12.2. The monoisotopic (exact) mass is 418 g/mol. The van der Waals surface area contributed by atoms with Crippen LogP contribution in [0.15, 0.2) is 40.9 Å². The van der Waals surface area contributed by atoms with Crippen molar-refractivity contribution in [3.05, 3.63) is 67.7 Å². The predicted molar refractivity (Wildman–Crippen MR) is 98.1 cm³/mol. The quantitative estimate of drug-likeness (QED) is 0.464. The molecule has 1 heterocycles. The number of nitrogens with zero attached hydrogens (tertiary/aromatic N) is 1. The van der Waals surface area contributed by atoms with E-state index in [4.69, 9.17) is 4.74 Å². The molecule has 8 heteroatoms. The number of nitrogens with one attached hydrogen (secondary N) is 1. The van der Waals surface area contributed by atoms with Crippen LogP contribution in [0.4, 0.5) is 11.4 Å². The van der Waals surface area contributed by atoms with Crippen LogP contribution >= 0.6 is 15.9 Å². The lowest BCUT2D eigenvalue weighted by atomic mass is 9.89. The molecule has 2 aromatic rings. The average molecular weight is 419 g/mol. The SMILES string of the molecule is Cc1cc([N+](=O)[O-])ccc1NC(=O)C1(C)Cc2cc(Br)ccc2C(=O)O1. The summed E-state index contributed by atoms with van der Waals surface area (Å²) in [5.74, 6) is -1.05. The summed E-state index contributed by atoms with van der Waals surface area (Å²) in [4.78, 5) is 35.4. The molecular weight excluding hydrogens is 404 g/mol. The second kappa shape index (κ2) is 6.53. The molecule has 3 rings (SSSR count). The highest BCUT2D eigenvalue weighted by molar-refractivity contribution is 9.10. The van der Waals surface area contributed by atoms with Gasteiger partial charge in [0.05, 0.1) is 10.5 Å². The van der Waals surface area contributed by atoms with Crippen LogP contribution in [-0.2, 0) is 16.0 Å². The number of carbonyl (C=O) groups is 2. The van der Waals surface area contributed by atoms with E-state index in [0.29, 0.717) is 22.4 Å². The number of non-ortho nitro benzene ring substituents is 1. The van der Waals surface area contributed by atoms with E-state index >= 15 is 0 Å². The van der Waals surface area contributed by atoms with Gasteiger partial charge in [0, 0.05) is 28.7 Å². The third kappa shape index (κ3) is 3.32. The van der Waals surface area contributed by atoms with Crippen molar-refractivity contribution in [3.63, 3.8) is 0 Å². The summed E-state index contributed by atoms with van der Waals surface area (Å²) in [6.07, 6.45) is 0.228. The summed E-state index contributed by atoms with van der Waals surface area (Å²) < 4.78 is 6.21. The zero-order chi connectivity index (χ0) is 19.1. The Morgan fingerprint density at radius 3 is 2.69 bits per heavy atom. The molecule has 0 bridgehead atoms. The average Bonchev–Trinajstić information content (AvgIpc) is 2.55. The number of nitro benzene ring substituents is 1. The molecule has 7 nitrogen and oxygen atoms in total. The number of aryl methyl sites for hydroxylation is 1. The lowest BCUT2D eigenvalue weighted by Crippen LogP contribution is -2.49. The fraction of sp³-hybridized carbons (Fsp3) is 0.222. The summed E-state index contributed by atoms with van der Waals surface area (Å²) in [5.41, 5.74) is 0.687. The lowest BCUT2D eigenvalue weighted by molar-refractivity contribution is -0.384. The highest BCUT2D eigenvalue weighted by Crippen LogP contribution is 2.31. The topological polar surface area (TPSA) is 98.5 Å². The van der Waals surface area contributed by atoms with Crippen molar-refractivity contribution < 1.29 is 19.2 Å². The van der Waals surface area contributed by atoms with Gasteiger partial charge in [0.25, 0.3) is 11.6 Å². The molecule has 1 aliphatic heterocycles. The van der Waals surface area contributed by atoms with Crippen LogP contribution in [0.25, 0.3) is 0 Å². The number of rotatable bonds is 3. The van der Waals surface area contributed by atoms with Crippen LogP contribution in [0, 0.1) is 17.0 Å². The third-order valence-corrected chi connectivity index (χ3v) is 4.78. The Labute approximate surface area is 157 Å². The zero-order valence-electron chi connectivity index (χ0n) is 14.0. The van der Waals surface area contributed by atoms with Crippen LogP contribution in [0.1, 0.15) is 28.4 Å². The zero-order valence-corrected chi connectivity index (χ0v) is 15.6. The second-order valence-corrected chi connectivity index (χ2v) is 7.22. The van der Waals surface area contributed by atoms with Crippen LogP contribution in [0.5, 0.6) is 0 Å². The summed E-state index contributed by atoms with van der Waals surface area (Å²) in [6, 6.07) is 9.33. The molecule has 26 heavy (non-hydrogen) atoms. The number of carbonyl (C=O) groups excluding carboxylic acids is 2. The van der Waals surface area contributed by atoms with Crippen molar-refractivity contribution in [2.75, 3.05) is 5.32 Å². The summed E-state index contributed by atoms with van der Waals surface area (Å²) in [6.45, 7) is 3.20. The summed E-state index contributed by atoms with van der Waals surface area (Å²) in [5, 5.41) is 13.5. The summed E-state index contributed by atoms with van der Waals surface area (Å²) >= 11 is 3.36. The Balaban J connectivity index is 1.86. The molecule has 1 N–H and O–H groups in total. The minimum Gasteiger partial charge on any atom is -0.445 e. The van der Waals surface area contributed by atoms with Crippen LogP contribution in [0.2, 0.25) is 0 Å². The van der Waals surface area contributed by atoms with Crippen molar-refractivity contribution in [2.45, 2.75) is 25.9 Å². The number of nitro groups is 1. The maximum absolute atomic E-state index is 12.8. The molecule has 0 spiro atoms. The fourth-order valence-electron chi connectivity index (χ4n) is 2.85. The van der Waals surface area contributed by atoms with Gasteiger partial charge in [-0.3, -0.25) is 14.9 Å². The van der Waals surface area contributed by atoms with E-state index < -0.39 is 22.4 Å². The second-order valence-electron chi connectivity index (χ2n) is 6.31. The molecule has 134 valence electrons. The molecule has 0 fully saturated rings. The molecule has 1 unspecified atom stereocenters. The van der Waals surface area contributed by atoms with Crippen LogP contribution in [0.3, 0.4) is 0 Å². The lowest BCUT2D eigenvalue weighted by Gasteiger charge is -2.33. The number of esters is 1. The summed E-state index contributed by atoms with van der Waals surface area (Å²) in [7, 11) is 0. The van der Waals surface area contributed by atoms with Gasteiger partial charge in [0.15, 0.2) is 5.60 Å². The maximum Gasteiger partial charge on any atom is 0.339 e. The molecule has 0 saturated heterocycles. The van der Waals surface area contributed by atoms with E-state index in [0.717, 1.165) is 4.47 Å². The van der Waals surface area contributed by atoms with E-state index in [-0.39, 0.29) is 12.1 Å². The van der Waals surface area contributed by atoms with Gasteiger partial charge in [-0.1, -0.05) is 15.9 Å². The molecule has 0 radical (unpaired) electrons. The first-order valence-electron chi connectivity index (χ1n) is 7.78. The van der Waals surface area contributed by atoms with Gasteiger partial charge in [-0.2, -0.15) is 0 Å². The number of ether oxygens (including phenoxy) is 1. The van der Waals surface area contributed by atoms with Crippen molar-refractivity contribution in [1.29, 1.82) is 0 Å². The number of benzene rings is 2. The van der Waals surface area contributed by atoms with Crippen LogP contribution in [-0.4, -0.2) is 22.4 Å². The fourth-order valence-corrected chi connectivity index (χ4v) is 3.26. The largest absolute Gasteiger partial charge is 0.445 e. The van der Waals surface area contributed by atoms with Crippen molar-refractivity contribution >= 4 is 39.2 Å². The highest BCUT2D eigenvalue weighted by atomic mass is 79.9. The van der Waals surface area contributed by atoms with Gasteiger partial charge in [-0.05, 0) is 49.2 Å². The molecule has 1 atom stereocenters. The van der Waals surface area contributed by atoms with E-state index in [1.54, 1.807) is 32.0 Å². The highest BCUT2D eigenvalue weighted by Gasteiger charge is 2.42. The Bertz CT molecular complexity index is 943. The maximum atomic E-state index is 12.8. The minimum absolute atomic E-state index is 0.0606.